The van der Waals surface area contributed by atoms with E-state index in [4.69, 9.17) is 14.7 Å². The van der Waals surface area contributed by atoms with Gasteiger partial charge in [-0.3, -0.25) is 0 Å². The third-order valence-electron chi connectivity index (χ3n) is 7.58. The van der Waals surface area contributed by atoms with Crippen molar-refractivity contribution in [2.24, 2.45) is 0 Å². The number of methoxy groups -OCH3 is 1. The number of rotatable bonds is 10. The summed E-state index contributed by atoms with van der Waals surface area (Å²) < 4.78 is 5.91. The Morgan fingerprint density at radius 1 is 1.00 bits per heavy atom. The van der Waals surface area contributed by atoms with Gasteiger partial charge in [-0.05, 0) is 64.5 Å². The second-order valence-corrected chi connectivity index (χ2v) is 10.2. The molecule has 0 saturated carbocycles. The number of fused-ring (bicyclic) bond motifs is 1. The van der Waals surface area contributed by atoms with Gasteiger partial charge in [-0.15, -0.1) is 0 Å². The maximum atomic E-state index is 5.91. The smallest absolute Gasteiger partial charge is 0.153 e. The average Bonchev–Trinajstić information content (AvgIpc) is 2.94. The molecular weight excluding hydrogens is 462 g/mol. The van der Waals surface area contributed by atoms with Gasteiger partial charge in [-0.25, -0.2) is 15.0 Å². The second kappa shape index (κ2) is 12.0. The predicted octanol–water partition coefficient (Wildman–Crippen LogP) is 4.33. The number of nitrogens with zero attached hydrogens (tertiary/aromatic N) is 6. The molecule has 0 atom stereocenters. The van der Waals surface area contributed by atoms with Gasteiger partial charge in [-0.2, -0.15) is 0 Å². The molecule has 8 nitrogen and oxygen atoms in total. The highest BCUT2D eigenvalue weighted by Crippen LogP contribution is 2.37. The minimum Gasteiger partial charge on any atom is -0.495 e. The molecule has 0 amide bonds. The molecule has 1 aliphatic heterocycles. The van der Waals surface area contributed by atoms with Gasteiger partial charge in [0.1, 0.15) is 16.8 Å². The van der Waals surface area contributed by atoms with Crippen molar-refractivity contribution >= 4 is 22.5 Å². The van der Waals surface area contributed by atoms with Gasteiger partial charge in [0.2, 0.25) is 0 Å². The lowest BCUT2D eigenvalue weighted by molar-refractivity contribution is 0.190. The molecule has 3 heterocycles. The monoisotopic (exact) mass is 505 g/mol. The van der Waals surface area contributed by atoms with Gasteiger partial charge in [0.15, 0.2) is 5.82 Å². The molecule has 3 aromatic rings. The SMILES string of the molecule is CCc1nc2c(-c3ccc(N4CCC(N(C)CCN(C)C)CC4)c(OC)c3)cnc(NC)c2nc1CC. The number of piperidine rings is 1. The highest BCUT2D eigenvalue weighted by atomic mass is 16.5. The lowest BCUT2D eigenvalue weighted by atomic mass is 10.0. The van der Waals surface area contributed by atoms with E-state index in [-0.39, 0.29) is 0 Å². The quantitative estimate of drug-likeness (QED) is 0.437. The number of hydrogen-bond acceptors (Lipinski definition) is 8. The largest absolute Gasteiger partial charge is 0.495 e. The molecule has 1 fully saturated rings. The Morgan fingerprint density at radius 3 is 2.27 bits per heavy atom. The minimum absolute atomic E-state index is 0.629. The van der Waals surface area contributed by atoms with Crippen molar-refractivity contribution in [1.29, 1.82) is 0 Å². The molecule has 0 aliphatic carbocycles. The lowest BCUT2D eigenvalue weighted by Crippen LogP contribution is -2.45. The number of likely N-dealkylation sites (N-methyl/N-ethyl adjacent to an activating group) is 2. The van der Waals surface area contributed by atoms with E-state index in [1.807, 2.05) is 13.2 Å². The number of ether oxygens (including phenoxy) is 1. The first-order chi connectivity index (χ1) is 17.9. The number of anilines is 2. The maximum absolute atomic E-state index is 5.91. The first-order valence-electron chi connectivity index (χ1n) is 13.5. The van der Waals surface area contributed by atoms with Crippen molar-refractivity contribution in [3.8, 4) is 16.9 Å². The normalized spacial score (nSPS) is 14.7. The minimum atomic E-state index is 0.629. The van der Waals surface area contributed by atoms with Crippen LogP contribution in [0.2, 0.25) is 0 Å². The molecule has 0 radical (unpaired) electrons. The first-order valence-corrected chi connectivity index (χ1v) is 13.5. The molecule has 8 heteroatoms. The van der Waals surface area contributed by atoms with Gasteiger partial charge in [0.05, 0.1) is 24.2 Å². The highest BCUT2D eigenvalue weighted by Gasteiger charge is 2.25. The van der Waals surface area contributed by atoms with E-state index >= 15 is 0 Å². The van der Waals surface area contributed by atoms with Gasteiger partial charge < -0.3 is 24.8 Å². The van der Waals surface area contributed by atoms with Crippen LogP contribution in [0.3, 0.4) is 0 Å². The summed E-state index contributed by atoms with van der Waals surface area (Å²) in [6.07, 6.45) is 5.92. The Morgan fingerprint density at radius 2 is 1.68 bits per heavy atom. The summed E-state index contributed by atoms with van der Waals surface area (Å²) in [5.41, 5.74) is 6.95. The fourth-order valence-corrected chi connectivity index (χ4v) is 5.26. The first kappa shape index (κ1) is 27.1. The zero-order chi connectivity index (χ0) is 26.5. The Balaban J connectivity index is 1.61. The molecule has 1 aliphatic rings. The predicted molar refractivity (Wildman–Crippen MR) is 154 cm³/mol. The number of nitrogens with one attached hydrogen (secondary N) is 1. The maximum Gasteiger partial charge on any atom is 0.153 e. The van der Waals surface area contributed by atoms with Gasteiger partial charge in [-0.1, -0.05) is 19.9 Å². The molecular formula is C29H43N7O. The van der Waals surface area contributed by atoms with Crippen LogP contribution in [0.15, 0.2) is 24.4 Å². The van der Waals surface area contributed by atoms with Crippen LogP contribution in [0, 0.1) is 0 Å². The highest BCUT2D eigenvalue weighted by molar-refractivity contribution is 5.97. The van der Waals surface area contributed by atoms with E-state index in [1.54, 1.807) is 7.11 Å². The Hall–Kier alpha value is -2.97. The van der Waals surface area contributed by atoms with Gasteiger partial charge >= 0.3 is 0 Å². The van der Waals surface area contributed by atoms with Gasteiger partial charge in [0.25, 0.3) is 0 Å². The lowest BCUT2D eigenvalue weighted by Gasteiger charge is -2.38. The van der Waals surface area contributed by atoms with Crippen molar-refractivity contribution in [3.63, 3.8) is 0 Å². The molecule has 200 valence electrons. The fraction of sp³-hybridized carbons (Fsp3) is 0.552. The van der Waals surface area contributed by atoms with Crippen LogP contribution in [0.25, 0.3) is 22.2 Å². The number of pyridine rings is 1. The molecule has 37 heavy (non-hydrogen) atoms. The molecule has 1 aromatic carbocycles. The Labute approximate surface area is 222 Å². The topological polar surface area (TPSA) is 69.7 Å². The summed E-state index contributed by atoms with van der Waals surface area (Å²) in [7, 11) is 10.2. The van der Waals surface area contributed by atoms with Crippen LogP contribution in [0.5, 0.6) is 5.75 Å². The molecule has 4 rings (SSSR count). The summed E-state index contributed by atoms with van der Waals surface area (Å²) in [5, 5.41) is 3.19. The van der Waals surface area contributed by atoms with E-state index in [0.29, 0.717) is 6.04 Å². The number of aromatic nitrogens is 3. The molecule has 0 unspecified atom stereocenters. The van der Waals surface area contributed by atoms with Gasteiger partial charge in [0, 0.05) is 51.0 Å². The van der Waals surface area contributed by atoms with E-state index < -0.39 is 0 Å². The number of hydrogen-bond donors (Lipinski definition) is 1. The third-order valence-corrected chi connectivity index (χ3v) is 7.58. The van der Waals surface area contributed by atoms with Crippen molar-refractivity contribution in [2.45, 2.75) is 45.6 Å². The Bertz CT molecular complexity index is 1200. The summed E-state index contributed by atoms with van der Waals surface area (Å²) in [4.78, 5) is 21.9. The van der Waals surface area contributed by atoms with E-state index in [1.165, 1.54) is 0 Å². The standard InChI is InChI=1S/C29H43N7O/c1-8-23-24(9-2)33-28-27(32-23)22(19-31-29(28)30-3)20-10-11-25(26(18-20)37-7)36-14-12-21(13-15-36)35(6)17-16-34(4)5/h10-11,18-19,21H,8-9,12-17H2,1-7H3,(H,30,31). The van der Waals surface area contributed by atoms with E-state index in [9.17, 15) is 0 Å². The van der Waals surface area contributed by atoms with E-state index in [0.717, 1.165) is 103 Å². The molecule has 1 N–H and O–H groups in total. The van der Waals surface area contributed by atoms with Crippen LogP contribution >= 0.6 is 0 Å². The molecule has 0 spiro atoms. The average molecular weight is 506 g/mol. The fourth-order valence-electron chi connectivity index (χ4n) is 5.26. The summed E-state index contributed by atoms with van der Waals surface area (Å²) >= 11 is 0. The van der Waals surface area contributed by atoms with Crippen LogP contribution in [-0.2, 0) is 12.8 Å². The van der Waals surface area contributed by atoms with Crippen molar-refractivity contribution in [1.82, 2.24) is 24.8 Å². The zero-order valence-corrected chi connectivity index (χ0v) is 23.6. The van der Waals surface area contributed by atoms with Crippen LogP contribution in [0.1, 0.15) is 38.1 Å². The summed E-state index contributed by atoms with van der Waals surface area (Å²) in [6, 6.07) is 7.12. The van der Waals surface area contributed by atoms with Crippen molar-refractivity contribution in [2.75, 3.05) is 71.7 Å². The van der Waals surface area contributed by atoms with Crippen molar-refractivity contribution < 1.29 is 4.74 Å². The third kappa shape index (κ3) is 5.80. The second-order valence-electron chi connectivity index (χ2n) is 10.2. The molecule has 0 bridgehead atoms. The van der Waals surface area contributed by atoms with E-state index in [2.05, 4.69) is 78.2 Å². The number of aryl methyl sites for hydroxylation is 2. The van der Waals surface area contributed by atoms with Crippen LogP contribution < -0.4 is 15.0 Å². The molecule has 1 saturated heterocycles. The van der Waals surface area contributed by atoms with Crippen molar-refractivity contribution in [3.05, 3.63) is 35.8 Å². The summed E-state index contributed by atoms with van der Waals surface area (Å²) in [6.45, 7) is 8.51. The summed E-state index contributed by atoms with van der Waals surface area (Å²) in [5.74, 6) is 1.64. The van der Waals surface area contributed by atoms with Crippen LogP contribution in [-0.4, -0.2) is 92.3 Å². The molecule has 2 aromatic heterocycles. The van der Waals surface area contributed by atoms with Crippen LogP contribution in [0.4, 0.5) is 11.5 Å². The Kier molecular flexibility index (Phi) is 8.82. The zero-order valence-electron chi connectivity index (χ0n) is 23.6. The number of benzene rings is 1.